The van der Waals surface area contributed by atoms with Crippen LogP contribution >= 0.6 is 11.8 Å². The first-order valence-electron chi connectivity index (χ1n) is 9.82. The minimum atomic E-state index is -0.252. The van der Waals surface area contributed by atoms with E-state index >= 15 is 0 Å². The van der Waals surface area contributed by atoms with Crippen molar-refractivity contribution < 1.29 is 14.3 Å². The maximum atomic E-state index is 12.9. The maximum Gasteiger partial charge on any atom is 0.234 e. The summed E-state index contributed by atoms with van der Waals surface area (Å²) in [4.78, 5) is 25.5. The molecule has 0 saturated carbocycles. The zero-order chi connectivity index (χ0) is 22.3. The van der Waals surface area contributed by atoms with E-state index in [0.717, 1.165) is 5.69 Å². The zero-order valence-corrected chi connectivity index (χ0v) is 18.1. The molecule has 3 aromatic carbocycles. The van der Waals surface area contributed by atoms with Crippen LogP contribution in [0.5, 0.6) is 5.75 Å². The fourth-order valence-corrected chi connectivity index (χ4v) is 3.89. The predicted molar refractivity (Wildman–Crippen MR) is 124 cm³/mol. The van der Waals surface area contributed by atoms with Crippen molar-refractivity contribution in [2.45, 2.75) is 5.16 Å². The molecule has 1 heterocycles. The molecule has 0 spiro atoms. The average molecular weight is 445 g/mol. The van der Waals surface area contributed by atoms with Crippen molar-refractivity contribution in [3.05, 3.63) is 96.3 Å². The van der Waals surface area contributed by atoms with E-state index in [1.54, 1.807) is 54.4 Å². The van der Waals surface area contributed by atoms with Crippen molar-refractivity contribution in [2.24, 2.45) is 0 Å². The Bertz CT molecular complexity index is 1240. The Morgan fingerprint density at radius 3 is 2.50 bits per heavy atom. The topological polar surface area (TPSA) is 86.1 Å². The molecule has 0 atom stereocenters. The number of carbonyl (C=O) groups excluding carboxylic acids is 2. The quantitative estimate of drug-likeness (QED) is 0.323. The van der Waals surface area contributed by atoms with Crippen molar-refractivity contribution in [3.8, 4) is 11.4 Å². The summed E-state index contributed by atoms with van der Waals surface area (Å²) in [6, 6.07) is 23.4. The number of para-hydroxylation sites is 3. The van der Waals surface area contributed by atoms with Crippen LogP contribution in [0.15, 0.2) is 90.3 Å². The third-order valence-electron chi connectivity index (χ3n) is 4.68. The lowest BCUT2D eigenvalue weighted by atomic mass is 10.0. The molecule has 0 aliphatic rings. The number of ketones is 1. The molecule has 4 aromatic rings. The smallest absolute Gasteiger partial charge is 0.234 e. The van der Waals surface area contributed by atoms with Gasteiger partial charge in [-0.1, -0.05) is 66.4 Å². The number of amides is 1. The summed E-state index contributed by atoms with van der Waals surface area (Å²) in [5.41, 5.74) is 2.25. The van der Waals surface area contributed by atoms with Gasteiger partial charge in [0.15, 0.2) is 10.9 Å². The van der Waals surface area contributed by atoms with Crippen LogP contribution < -0.4 is 10.1 Å². The molecule has 0 fully saturated rings. The van der Waals surface area contributed by atoms with Crippen LogP contribution in [0.4, 0.5) is 5.69 Å². The Morgan fingerprint density at radius 2 is 1.69 bits per heavy atom. The highest BCUT2D eigenvalue weighted by atomic mass is 32.2. The van der Waals surface area contributed by atoms with Gasteiger partial charge in [-0.2, -0.15) is 0 Å². The molecule has 1 aromatic heterocycles. The van der Waals surface area contributed by atoms with E-state index in [2.05, 4.69) is 15.5 Å². The molecule has 0 bridgehead atoms. The number of anilines is 1. The lowest BCUT2D eigenvalue weighted by Gasteiger charge is -2.12. The fraction of sp³-hybridized carbons (Fsp3) is 0.0833. The van der Waals surface area contributed by atoms with Crippen LogP contribution in [0.1, 0.15) is 15.9 Å². The Balaban J connectivity index is 1.47. The summed E-state index contributed by atoms with van der Waals surface area (Å²) in [6.07, 6.45) is 1.58. The number of carbonyl (C=O) groups is 2. The van der Waals surface area contributed by atoms with Crippen molar-refractivity contribution in [3.63, 3.8) is 0 Å². The SMILES string of the molecule is COc1ccccc1-n1cnnc1SCC(=O)Nc1ccccc1C(=O)c1ccccc1. The van der Waals surface area contributed by atoms with E-state index in [9.17, 15) is 9.59 Å². The second-order valence-corrected chi connectivity index (χ2v) is 7.68. The Labute approximate surface area is 189 Å². The molecule has 8 heteroatoms. The first-order chi connectivity index (χ1) is 15.7. The van der Waals surface area contributed by atoms with Crippen molar-refractivity contribution >= 4 is 29.1 Å². The van der Waals surface area contributed by atoms with E-state index in [1.165, 1.54) is 11.8 Å². The number of thioether (sulfide) groups is 1. The lowest BCUT2D eigenvalue weighted by molar-refractivity contribution is -0.113. The average Bonchev–Trinajstić information content (AvgIpc) is 3.31. The number of methoxy groups -OCH3 is 1. The van der Waals surface area contributed by atoms with Gasteiger partial charge in [-0.25, -0.2) is 0 Å². The monoisotopic (exact) mass is 444 g/mol. The van der Waals surface area contributed by atoms with Gasteiger partial charge in [-0.15, -0.1) is 10.2 Å². The van der Waals surface area contributed by atoms with Crippen molar-refractivity contribution in [1.29, 1.82) is 0 Å². The largest absolute Gasteiger partial charge is 0.495 e. The highest BCUT2D eigenvalue weighted by Gasteiger charge is 2.16. The van der Waals surface area contributed by atoms with Crippen LogP contribution in [0, 0.1) is 0 Å². The number of benzene rings is 3. The van der Waals surface area contributed by atoms with Gasteiger partial charge in [0.2, 0.25) is 5.91 Å². The molecule has 1 amide bonds. The number of aromatic nitrogens is 3. The van der Waals surface area contributed by atoms with Crippen LogP contribution in [0.3, 0.4) is 0 Å². The number of nitrogens with one attached hydrogen (secondary N) is 1. The summed E-state index contributed by atoms with van der Waals surface area (Å²) in [5.74, 6) is 0.372. The van der Waals surface area contributed by atoms with Crippen molar-refractivity contribution in [2.75, 3.05) is 18.2 Å². The molecule has 160 valence electrons. The third-order valence-corrected chi connectivity index (χ3v) is 5.62. The van der Waals surface area contributed by atoms with Gasteiger partial charge in [0.25, 0.3) is 0 Å². The molecule has 7 nitrogen and oxygen atoms in total. The standard InChI is InChI=1S/C24H20N4O3S/c1-31-21-14-8-7-13-20(21)28-16-25-27-24(28)32-15-22(29)26-19-12-6-5-11-18(19)23(30)17-9-3-2-4-10-17/h2-14,16H,15H2,1H3,(H,26,29). The molecule has 4 rings (SSSR count). The van der Waals surface area contributed by atoms with Crippen LogP contribution in [-0.2, 0) is 4.79 Å². The van der Waals surface area contributed by atoms with Gasteiger partial charge in [0.1, 0.15) is 12.1 Å². The van der Waals surface area contributed by atoms with E-state index in [-0.39, 0.29) is 17.4 Å². The van der Waals surface area contributed by atoms with Gasteiger partial charge in [-0.3, -0.25) is 14.2 Å². The molecule has 32 heavy (non-hydrogen) atoms. The Hall–Kier alpha value is -3.91. The first kappa shape index (κ1) is 21.3. The van der Waals surface area contributed by atoms with Gasteiger partial charge in [-0.05, 0) is 24.3 Å². The maximum absolute atomic E-state index is 12.9. The highest BCUT2D eigenvalue weighted by molar-refractivity contribution is 7.99. The second kappa shape index (κ2) is 9.93. The van der Waals surface area contributed by atoms with Crippen LogP contribution in [-0.4, -0.2) is 39.3 Å². The summed E-state index contributed by atoms with van der Waals surface area (Å²) < 4.78 is 7.17. The summed E-state index contributed by atoms with van der Waals surface area (Å²) >= 11 is 1.24. The number of rotatable bonds is 8. The first-order valence-corrected chi connectivity index (χ1v) is 10.8. The van der Waals surface area contributed by atoms with Crippen LogP contribution in [0.25, 0.3) is 5.69 Å². The van der Waals surface area contributed by atoms with Gasteiger partial charge in [0.05, 0.1) is 24.2 Å². The third kappa shape index (κ3) is 4.70. The minimum Gasteiger partial charge on any atom is -0.495 e. The van der Waals surface area contributed by atoms with E-state index in [0.29, 0.717) is 27.7 Å². The zero-order valence-electron chi connectivity index (χ0n) is 17.3. The number of hydrogen-bond acceptors (Lipinski definition) is 6. The van der Waals surface area contributed by atoms with E-state index < -0.39 is 0 Å². The molecule has 0 radical (unpaired) electrons. The summed E-state index contributed by atoms with van der Waals surface area (Å²) in [5, 5.41) is 11.5. The van der Waals surface area contributed by atoms with Gasteiger partial charge >= 0.3 is 0 Å². The van der Waals surface area contributed by atoms with Crippen LogP contribution in [0.2, 0.25) is 0 Å². The second-order valence-electron chi connectivity index (χ2n) is 6.73. The van der Waals surface area contributed by atoms with Crippen molar-refractivity contribution in [1.82, 2.24) is 14.8 Å². The van der Waals surface area contributed by atoms with E-state index in [4.69, 9.17) is 4.74 Å². The predicted octanol–water partition coefficient (Wildman–Crippen LogP) is 4.24. The summed E-state index contributed by atoms with van der Waals surface area (Å²) in [6.45, 7) is 0. The summed E-state index contributed by atoms with van der Waals surface area (Å²) in [7, 11) is 1.59. The normalized spacial score (nSPS) is 10.5. The molecule has 1 N–H and O–H groups in total. The number of hydrogen-bond donors (Lipinski definition) is 1. The number of ether oxygens (including phenoxy) is 1. The van der Waals surface area contributed by atoms with Gasteiger partial charge in [0, 0.05) is 11.1 Å². The molecule has 0 saturated heterocycles. The lowest BCUT2D eigenvalue weighted by Crippen LogP contribution is -2.17. The number of nitrogens with zero attached hydrogens (tertiary/aromatic N) is 3. The molecular weight excluding hydrogens is 424 g/mol. The molecule has 0 aliphatic carbocycles. The van der Waals surface area contributed by atoms with E-state index in [1.807, 2.05) is 42.5 Å². The Kier molecular flexibility index (Phi) is 6.62. The molecule has 0 unspecified atom stereocenters. The Morgan fingerprint density at radius 1 is 0.969 bits per heavy atom. The van der Waals surface area contributed by atoms with Gasteiger partial charge < -0.3 is 10.1 Å². The molecule has 0 aliphatic heterocycles. The molecular formula is C24H20N4O3S. The highest BCUT2D eigenvalue weighted by Crippen LogP contribution is 2.27. The minimum absolute atomic E-state index is 0.0989. The fourth-order valence-electron chi connectivity index (χ4n) is 3.17.